The van der Waals surface area contributed by atoms with Crippen molar-refractivity contribution < 1.29 is 19.4 Å². The number of nitrogens with zero attached hydrogens (tertiary/aromatic N) is 3. The highest BCUT2D eigenvalue weighted by atomic mass is 79.9. The predicted octanol–water partition coefficient (Wildman–Crippen LogP) is 3.10. The van der Waals surface area contributed by atoms with Gasteiger partial charge in [0.1, 0.15) is 11.7 Å². The summed E-state index contributed by atoms with van der Waals surface area (Å²) in [5, 5.41) is 9.68. The molecule has 166 valence electrons. The lowest BCUT2D eigenvalue weighted by Crippen LogP contribution is -2.51. The Morgan fingerprint density at radius 2 is 2.10 bits per heavy atom. The summed E-state index contributed by atoms with van der Waals surface area (Å²) in [5.74, 6) is 0.295. The van der Waals surface area contributed by atoms with Crippen LogP contribution < -0.4 is 4.74 Å². The van der Waals surface area contributed by atoms with Gasteiger partial charge in [0, 0.05) is 36.1 Å². The van der Waals surface area contributed by atoms with E-state index in [1.54, 1.807) is 22.1 Å². The van der Waals surface area contributed by atoms with Gasteiger partial charge in [-0.25, -0.2) is 4.98 Å². The lowest BCUT2D eigenvalue weighted by Gasteiger charge is -2.38. The van der Waals surface area contributed by atoms with E-state index in [9.17, 15) is 14.7 Å². The maximum atomic E-state index is 13.1. The number of carbonyl (C=O) groups is 2. The molecular weight excluding hydrogens is 450 g/mol. The summed E-state index contributed by atoms with van der Waals surface area (Å²) in [7, 11) is 1.83. The Labute approximate surface area is 186 Å². The number of carbonyl (C=O) groups excluding carboxylic acids is 2. The molecule has 3 rings (SSSR count). The summed E-state index contributed by atoms with van der Waals surface area (Å²) in [5.41, 5.74) is 0.364. The van der Waals surface area contributed by atoms with E-state index in [1.807, 2.05) is 20.9 Å². The Hall–Kier alpha value is -1.67. The minimum atomic E-state index is -0.327. The van der Waals surface area contributed by atoms with Crippen LogP contribution in [0.5, 0.6) is 5.88 Å². The van der Waals surface area contributed by atoms with Crippen LogP contribution >= 0.6 is 15.9 Å². The third kappa shape index (κ3) is 5.14. The van der Waals surface area contributed by atoms with E-state index >= 15 is 0 Å². The van der Waals surface area contributed by atoms with Crippen LogP contribution in [0.25, 0.3) is 0 Å². The van der Waals surface area contributed by atoms with Crippen LogP contribution in [0, 0.1) is 11.8 Å². The van der Waals surface area contributed by atoms with Crippen molar-refractivity contribution in [1.82, 2.24) is 14.8 Å². The van der Waals surface area contributed by atoms with E-state index in [2.05, 4.69) is 20.9 Å². The molecule has 1 aliphatic carbocycles. The molecule has 1 aliphatic heterocycles. The fourth-order valence-electron chi connectivity index (χ4n) is 4.32. The highest BCUT2D eigenvalue weighted by Gasteiger charge is 2.35. The minimum absolute atomic E-state index is 0.0387. The molecule has 2 amide bonds. The number of aliphatic hydroxyl groups excluding tert-OH is 1. The molecule has 7 nitrogen and oxygen atoms in total. The fraction of sp³-hybridized carbons (Fsp3) is 0.682. The Balaban J connectivity index is 1.84. The number of pyridine rings is 1. The average molecular weight is 482 g/mol. The molecular formula is C22H32BrN3O4. The zero-order chi connectivity index (χ0) is 21.8. The van der Waals surface area contributed by atoms with Crippen LogP contribution in [0.4, 0.5) is 0 Å². The Bertz CT molecular complexity index is 769. The number of hydrogen-bond acceptors (Lipinski definition) is 5. The van der Waals surface area contributed by atoms with Crippen molar-refractivity contribution in [2.45, 2.75) is 58.1 Å². The molecule has 2 aliphatic rings. The van der Waals surface area contributed by atoms with Gasteiger partial charge >= 0.3 is 0 Å². The van der Waals surface area contributed by atoms with Crippen molar-refractivity contribution in [1.29, 1.82) is 0 Å². The zero-order valence-electron chi connectivity index (χ0n) is 18.0. The van der Waals surface area contributed by atoms with E-state index < -0.39 is 0 Å². The third-order valence-electron chi connectivity index (χ3n) is 6.27. The zero-order valence-corrected chi connectivity index (χ0v) is 19.6. The molecule has 8 heteroatoms. The van der Waals surface area contributed by atoms with Crippen molar-refractivity contribution in [3.05, 3.63) is 22.3 Å². The van der Waals surface area contributed by atoms with E-state index in [0.717, 1.165) is 25.7 Å². The van der Waals surface area contributed by atoms with Crippen molar-refractivity contribution in [3.63, 3.8) is 0 Å². The molecule has 1 fully saturated rings. The second-order valence-corrected chi connectivity index (χ2v) is 9.60. The average Bonchev–Trinajstić information content (AvgIpc) is 2.76. The summed E-state index contributed by atoms with van der Waals surface area (Å²) in [6.45, 7) is 4.58. The van der Waals surface area contributed by atoms with Crippen LogP contribution in [0.15, 0.2) is 16.7 Å². The summed E-state index contributed by atoms with van der Waals surface area (Å²) < 4.78 is 6.89. The molecule has 0 radical (unpaired) electrons. The van der Waals surface area contributed by atoms with Crippen LogP contribution in [0.1, 0.15) is 56.3 Å². The van der Waals surface area contributed by atoms with Crippen LogP contribution in [0.3, 0.4) is 0 Å². The fourth-order valence-corrected chi connectivity index (χ4v) is 4.65. The molecule has 30 heavy (non-hydrogen) atoms. The molecule has 1 aromatic rings. The lowest BCUT2D eigenvalue weighted by molar-refractivity contribution is -0.136. The van der Waals surface area contributed by atoms with Gasteiger partial charge in [-0.3, -0.25) is 9.59 Å². The molecule has 2 heterocycles. The molecule has 0 aromatic carbocycles. The third-order valence-corrected chi connectivity index (χ3v) is 6.71. The number of ether oxygens (including phenoxy) is 1. The number of rotatable bonds is 5. The van der Waals surface area contributed by atoms with Crippen LogP contribution in [-0.2, 0) is 4.79 Å². The largest absolute Gasteiger partial charge is 0.472 e. The van der Waals surface area contributed by atoms with Gasteiger partial charge in [0.25, 0.3) is 5.91 Å². The summed E-state index contributed by atoms with van der Waals surface area (Å²) >= 11 is 3.38. The quantitative estimate of drug-likeness (QED) is 0.698. The minimum Gasteiger partial charge on any atom is -0.472 e. The molecule has 0 bridgehead atoms. The molecule has 0 saturated heterocycles. The van der Waals surface area contributed by atoms with Gasteiger partial charge in [-0.2, -0.15) is 0 Å². The number of aromatic nitrogens is 1. The molecule has 1 aromatic heterocycles. The van der Waals surface area contributed by atoms with Crippen LogP contribution in [0.2, 0.25) is 0 Å². The second-order valence-electron chi connectivity index (χ2n) is 8.68. The van der Waals surface area contributed by atoms with Gasteiger partial charge in [-0.1, -0.05) is 26.2 Å². The monoisotopic (exact) mass is 481 g/mol. The van der Waals surface area contributed by atoms with Gasteiger partial charge in [-0.15, -0.1) is 0 Å². The maximum Gasteiger partial charge on any atom is 0.259 e. The summed E-state index contributed by atoms with van der Waals surface area (Å²) in [6, 6.07) is 1.37. The van der Waals surface area contributed by atoms with Crippen molar-refractivity contribution in [2.75, 3.05) is 26.7 Å². The number of halogens is 1. The standard InChI is InChI=1S/C22H32BrN3O4/c1-14-11-26(15(2)13-27)22(29)18-9-17(23)10-24-20(18)30-19(14)12-25(3)21(28)16-7-5-4-6-8-16/h9-10,14-16,19,27H,4-8,11-13H2,1-3H3/t14-,15-,19-/m0/s1. The van der Waals surface area contributed by atoms with Crippen molar-refractivity contribution in [3.8, 4) is 5.88 Å². The predicted molar refractivity (Wildman–Crippen MR) is 117 cm³/mol. The van der Waals surface area contributed by atoms with E-state index in [-0.39, 0.29) is 48.3 Å². The molecule has 0 spiro atoms. The highest BCUT2D eigenvalue weighted by Crippen LogP contribution is 2.29. The summed E-state index contributed by atoms with van der Waals surface area (Å²) in [6.07, 6.45) is 6.65. The Morgan fingerprint density at radius 1 is 1.40 bits per heavy atom. The first-order chi connectivity index (χ1) is 14.3. The van der Waals surface area contributed by atoms with E-state index in [1.165, 1.54) is 6.42 Å². The first-order valence-electron chi connectivity index (χ1n) is 10.8. The molecule has 1 N–H and O–H groups in total. The highest BCUT2D eigenvalue weighted by molar-refractivity contribution is 9.10. The molecule has 1 saturated carbocycles. The smallest absolute Gasteiger partial charge is 0.259 e. The number of aliphatic hydroxyl groups is 1. The number of fused-ring (bicyclic) bond motifs is 1. The number of likely N-dealkylation sites (N-methyl/N-ethyl adjacent to an activating group) is 1. The van der Waals surface area contributed by atoms with Crippen molar-refractivity contribution in [2.24, 2.45) is 11.8 Å². The first-order valence-corrected chi connectivity index (χ1v) is 11.6. The van der Waals surface area contributed by atoms with Gasteiger partial charge < -0.3 is 19.6 Å². The topological polar surface area (TPSA) is 83.0 Å². The van der Waals surface area contributed by atoms with Gasteiger partial charge in [0.2, 0.25) is 11.8 Å². The number of amides is 2. The van der Waals surface area contributed by atoms with Gasteiger partial charge in [0.05, 0.1) is 19.2 Å². The lowest BCUT2D eigenvalue weighted by atomic mass is 9.88. The van der Waals surface area contributed by atoms with Gasteiger partial charge in [-0.05, 0) is 41.8 Å². The van der Waals surface area contributed by atoms with Crippen molar-refractivity contribution >= 4 is 27.7 Å². The molecule has 0 unspecified atom stereocenters. The Morgan fingerprint density at radius 3 is 2.77 bits per heavy atom. The van der Waals surface area contributed by atoms with Crippen LogP contribution in [-0.4, -0.2) is 70.6 Å². The first kappa shape index (κ1) is 23.0. The second kappa shape index (κ2) is 10.1. The SMILES string of the molecule is C[C@H]1CN([C@@H](C)CO)C(=O)c2cc(Br)cnc2O[C@H]1CN(C)C(=O)C1CCCCC1. The maximum absolute atomic E-state index is 13.1. The van der Waals surface area contributed by atoms with E-state index in [0.29, 0.717) is 23.1 Å². The Kier molecular flexibility index (Phi) is 7.74. The van der Waals surface area contributed by atoms with E-state index in [4.69, 9.17) is 4.74 Å². The summed E-state index contributed by atoms with van der Waals surface area (Å²) in [4.78, 5) is 33.9. The van der Waals surface area contributed by atoms with Gasteiger partial charge in [0.15, 0.2) is 0 Å². The normalized spacial score (nSPS) is 23.8. The number of hydrogen-bond donors (Lipinski definition) is 1. The molecule has 3 atom stereocenters.